The molecule has 1 saturated heterocycles. The van der Waals surface area contributed by atoms with Gasteiger partial charge in [0.15, 0.2) is 5.82 Å². The van der Waals surface area contributed by atoms with E-state index in [0.29, 0.717) is 12.4 Å². The van der Waals surface area contributed by atoms with E-state index in [4.69, 9.17) is 5.73 Å². The Morgan fingerprint density at radius 3 is 2.63 bits per heavy atom. The Balaban J connectivity index is 1.35. The molecule has 0 radical (unpaired) electrons. The summed E-state index contributed by atoms with van der Waals surface area (Å²) in [7, 11) is 2.11. The number of carbonyl (C=O) groups is 1. The number of fused-ring (bicyclic) bond motifs is 3. The van der Waals surface area contributed by atoms with Gasteiger partial charge in [-0.1, -0.05) is 0 Å². The summed E-state index contributed by atoms with van der Waals surface area (Å²) in [6.07, 6.45) is 4.70. The highest BCUT2D eigenvalue weighted by atomic mass is 16.2. The summed E-state index contributed by atoms with van der Waals surface area (Å²) in [6.45, 7) is 4.30. The topological polar surface area (TPSA) is 92.3 Å². The fourth-order valence-electron chi connectivity index (χ4n) is 4.59. The molecule has 1 aliphatic heterocycles. The number of nitrogen functional groups attached to an aromatic ring is 1. The van der Waals surface area contributed by atoms with Crippen LogP contribution in [0.2, 0.25) is 0 Å². The summed E-state index contributed by atoms with van der Waals surface area (Å²) in [5.74, 6) is 0.524. The zero-order chi connectivity index (χ0) is 20.7. The van der Waals surface area contributed by atoms with E-state index in [2.05, 4.69) is 36.7 Å². The molecule has 3 N–H and O–H groups in total. The molecule has 1 aliphatic carbocycles. The lowest BCUT2D eigenvalue weighted by Crippen LogP contribution is -2.47. The van der Waals surface area contributed by atoms with Crippen molar-refractivity contribution in [2.45, 2.75) is 19.3 Å². The Bertz CT molecular complexity index is 1080. The van der Waals surface area contributed by atoms with Gasteiger partial charge in [0.25, 0.3) is 0 Å². The molecule has 5 rings (SSSR count). The van der Waals surface area contributed by atoms with Crippen LogP contribution in [0.4, 0.5) is 11.5 Å². The largest absolute Gasteiger partial charge is 0.382 e. The van der Waals surface area contributed by atoms with E-state index in [0.717, 1.165) is 67.8 Å². The Kier molecular flexibility index (Phi) is 4.88. The molecule has 1 fully saturated rings. The zero-order valence-electron chi connectivity index (χ0n) is 17.3. The molecule has 0 spiro atoms. The van der Waals surface area contributed by atoms with Crippen LogP contribution in [-0.4, -0.2) is 70.0 Å². The van der Waals surface area contributed by atoms with E-state index in [9.17, 15) is 4.79 Å². The average Bonchev–Trinajstić information content (AvgIpc) is 3.32. The van der Waals surface area contributed by atoms with Crippen molar-refractivity contribution in [2.24, 2.45) is 0 Å². The number of aromatic nitrogens is 3. The number of hydrogen-bond donors (Lipinski definition) is 2. The van der Waals surface area contributed by atoms with Crippen LogP contribution in [0, 0.1) is 0 Å². The monoisotopic (exact) mass is 405 g/mol. The molecule has 8 nitrogen and oxygen atoms in total. The molecule has 156 valence electrons. The number of anilines is 2. The molecule has 30 heavy (non-hydrogen) atoms. The third kappa shape index (κ3) is 3.42. The lowest BCUT2D eigenvalue weighted by molar-refractivity contribution is -0.117. The van der Waals surface area contributed by atoms with Gasteiger partial charge >= 0.3 is 0 Å². The fraction of sp³-hybridized carbons (Fsp3) is 0.409. The third-order valence-corrected chi connectivity index (χ3v) is 6.19. The lowest BCUT2D eigenvalue weighted by atomic mass is 10.2. The van der Waals surface area contributed by atoms with Crippen LogP contribution >= 0.6 is 0 Å². The van der Waals surface area contributed by atoms with E-state index in [1.54, 1.807) is 6.33 Å². The number of nitrogens with one attached hydrogen (secondary N) is 1. The summed E-state index contributed by atoms with van der Waals surface area (Å²) in [4.78, 5) is 25.6. The summed E-state index contributed by atoms with van der Waals surface area (Å²) >= 11 is 0. The Morgan fingerprint density at radius 1 is 1.10 bits per heavy atom. The lowest BCUT2D eigenvalue weighted by Gasteiger charge is -2.31. The van der Waals surface area contributed by atoms with Gasteiger partial charge in [-0.25, -0.2) is 9.97 Å². The van der Waals surface area contributed by atoms with Gasteiger partial charge < -0.3 is 20.5 Å². The number of rotatable bonds is 4. The molecular formula is C22H27N7O. The van der Waals surface area contributed by atoms with E-state index in [1.807, 2.05) is 24.3 Å². The van der Waals surface area contributed by atoms with Gasteiger partial charge in [0.05, 0.1) is 12.1 Å². The number of benzene rings is 1. The first-order valence-corrected chi connectivity index (χ1v) is 10.5. The number of piperazine rings is 1. The maximum absolute atomic E-state index is 12.4. The minimum atomic E-state index is 0.0252. The smallest absolute Gasteiger partial charge is 0.238 e. The van der Waals surface area contributed by atoms with Crippen LogP contribution in [0.15, 0.2) is 30.6 Å². The Labute approximate surface area is 175 Å². The first kappa shape index (κ1) is 19.0. The van der Waals surface area contributed by atoms with Gasteiger partial charge in [-0.05, 0) is 56.1 Å². The maximum Gasteiger partial charge on any atom is 0.238 e. The molecule has 0 atom stereocenters. The highest BCUT2D eigenvalue weighted by Gasteiger charge is 2.25. The van der Waals surface area contributed by atoms with Gasteiger partial charge in [-0.2, -0.15) is 0 Å². The van der Waals surface area contributed by atoms with Crippen molar-refractivity contribution in [3.63, 3.8) is 0 Å². The quantitative estimate of drug-likeness (QED) is 0.686. The second kappa shape index (κ2) is 7.70. The van der Waals surface area contributed by atoms with Crippen LogP contribution in [0.5, 0.6) is 0 Å². The molecule has 3 heterocycles. The average molecular weight is 406 g/mol. The van der Waals surface area contributed by atoms with Crippen LogP contribution in [0.25, 0.3) is 16.7 Å². The van der Waals surface area contributed by atoms with E-state index in [-0.39, 0.29) is 5.91 Å². The number of aryl methyl sites for hydroxylation is 1. The number of nitrogens with two attached hydrogens (primary N) is 1. The molecule has 0 unspecified atom stereocenters. The van der Waals surface area contributed by atoms with Crippen molar-refractivity contribution in [3.05, 3.63) is 41.9 Å². The van der Waals surface area contributed by atoms with E-state index >= 15 is 0 Å². The SMILES string of the molecule is CN1CCN(CC(=O)Nc2ccc(-n3c4c(c5ncnc(N)c53)CCC4)cc2)CC1. The second-order valence-electron chi connectivity index (χ2n) is 8.24. The van der Waals surface area contributed by atoms with Crippen molar-refractivity contribution in [1.82, 2.24) is 24.3 Å². The number of nitrogens with zero attached hydrogens (tertiary/aromatic N) is 5. The van der Waals surface area contributed by atoms with Crippen LogP contribution in [0.1, 0.15) is 17.7 Å². The summed E-state index contributed by atoms with van der Waals surface area (Å²) in [6, 6.07) is 7.95. The summed E-state index contributed by atoms with van der Waals surface area (Å²) < 4.78 is 2.18. The predicted octanol–water partition coefficient (Wildman–Crippen LogP) is 1.68. The highest BCUT2D eigenvalue weighted by Crippen LogP contribution is 2.36. The standard InChI is InChI=1S/C22H27N7O/c1-27-9-11-28(12-10-27)13-19(30)26-15-5-7-16(8-6-15)29-18-4-2-3-17(18)20-21(29)22(23)25-14-24-20/h5-8,14H,2-4,9-13H2,1H3,(H,26,30)(H2,23,24,25). The van der Waals surface area contributed by atoms with Crippen LogP contribution in [-0.2, 0) is 17.6 Å². The van der Waals surface area contributed by atoms with E-state index in [1.165, 1.54) is 11.3 Å². The molecule has 2 aromatic heterocycles. The molecule has 1 aromatic carbocycles. The zero-order valence-corrected chi connectivity index (χ0v) is 17.3. The van der Waals surface area contributed by atoms with Gasteiger partial charge in [0.1, 0.15) is 11.8 Å². The van der Waals surface area contributed by atoms with Crippen molar-refractivity contribution in [2.75, 3.05) is 50.8 Å². The summed E-state index contributed by atoms with van der Waals surface area (Å²) in [5.41, 5.74) is 12.4. The summed E-state index contributed by atoms with van der Waals surface area (Å²) in [5, 5.41) is 3.02. The first-order valence-electron chi connectivity index (χ1n) is 10.5. The number of amides is 1. The third-order valence-electron chi connectivity index (χ3n) is 6.19. The van der Waals surface area contributed by atoms with Gasteiger partial charge in [-0.3, -0.25) is 9.69 Å². The Morgan fingerprint density at radius 2 is 1.87 bits per heavy atom. The van der Waals surface area contributed by atoms with Gasteiger partial charge in [-0.15, -0.1) is 0 Å². The van der Waals surface area contributed by atoms with Gasteiger partial charge in [0, 0.05) is 43.2 Å². The minimum absolute atomic E-state index is 0.0252. The van der Waals surface area contributed by atoms with Crippen molar-refractivity contribution in [3.8, 4) is 5.69 Å². The molecule has 1 amide bonds. The maximum atomic E-state index is 12.4. The normalized spacial score (nSPS) is 17.4. The second-order valence-corrected chi connectivity index (χ2v) is 8.24. The highest BCUT2D eigenvalue weighted by molar-refractivity contribution is 5.93. The minimum Gasteiger partial charge on any atom is -0.382 e. The number of carbonyl (C=O) groups excluding carboxylic acids is 1. The van der Waals surface area contributed by atoms with Crippen molar-refractivity contribution < 1.29 is 4.79 Å². The van der Waals surface area contributed by atoms with Crippen LogP contribution < -0.4 is 11.1 Å². The molecular weight excluding hydrogens is 378 g/mol. The first-order chi connectivity index (χ1) is 14.6. The molecule has 2 aliphatic rings. The number of likely N-dealkylation sites (N-methyl/N-ethyl adjacent to an activating group) is 1. The van der Waals surface area contributed by atoms with E-state index < -0.39 is 0 Å². The predicted molar refractivity (Wildman–Crippen MR) is 118 cm³/mol. The molecule has 0 saturated carbocycles. The fourth-order valence-corrected chi connectivity index (χ4v) is 4.59. The molecule has 0 bridgehead atoms. The molecule has 3 aromatic rings. The molecule has 8 heteroatoms. The van der Waals surface area contributed by atoms with Gasteiger partial charge in [0.2, 0.25) is 5.91 Å². The van der Waals surface area contributed by atoms with Crippen LogP contribution in [0.3, 0.4) is 0 Å². The Hall–Kier alpha value is -2.97. The van der Waals surface area contributed by atoms with Crippen molar-refractivity contribution >= 4 is 28.4 Å². The number of hydrogen-bond acceptors (Lipinski definition) is 6. The van der Waals surface area contributed by atoms with Crippen molar-refractivity contribution in [1.29, 1.82) is 0 Å².